The predicted octanol–water partition coefficient (Wildman–Crippen LogP) is 2.39. The normalized spacial score (nSPS) is 18.3. The van der Waals surface area contributed by atoms with Crippen molar-refractivity contribution in [3.05, 3.63) is 69.5 Å². The molecule has 0 fully saturated rings. The number of fused-ring (bicyclic) bond motifs is 2. The van der Waals surface area contributed by atoms with Gasteiger partial charge in [0.25, 0.3) is 5.56 Å². The van der Waals surface area contributed by atoms with E-state index in [1.165, 1.54) is 7.11 Å². The zero-order valence-electron chi connectivity index (χ0n) is 18.3. The first-order valence-corrected chi connectivity index (χ1v) is 10.7. The Kier molecular flexibility index (Phi) is 5.51. The number of aromatic nitrogens is 2. The van der Waals surface area contributed by atoms with E-state index in [1.54, 1.807) is 24.3 Å². The lowest BCUT2D eigenvalue weighted by Crippen LogP contribution is -2.38. The summed E-state index contributed by atoms with van der Waals surface area (Å²) >= 11 is 0. The number of anilines is 2. The molecule has 34 heavy (non-hydrogen) atoms. The van der Waals surface area contributed by atoms with Gasteiger partial charge in [-0.05, 0) is 23.8 Å². The van der Waals surface area contributed by atoms with Gasteiger partial charge in [0.15, 0.2) is 11.5 Å². The molecule has 2 unspecified atom stereocenters. The monoisotopic (exact) mass is 459 g/mol. The van der Waals surface area contributed by atoms with Crippen LogP contribution < -0.4 is 30.4 Å². The zero-order valence-corrected chi connectivity index (χ0v) is 18.3. The third-order valence-electron chi connectivity index (χ3n) is 5.80. The molecule has 3 heterocycles. The van der Waals surface area contributed by atoms with Gasteiger partial charge in [0.2, 0.25) is 11.9 Å². The Balaban J connectivity index is 1.48. The number of ether oxygens (including phenoxy) is 3. The summed E-state index contributed by atoms with van der Waals surface area (Å²) in [5.74, 6) is -0.333. The zero-order chi connectivity index (χ0) is 23.7. The number of hydrogen-bond donors (Lipinski definition) is 3. The first-order valence-electron chi connectivity index (χ1n) is 10.7. The van der Waals surface area contributed by atoms with Gasteiger partial charge in [-0.25, -0.2) is 0 Å². The number of nitrogens with zero attached hydrogens (tertiary/aromatic N) is 2. The van der Waals surface area contributed by atoms with E-state index in [1.807, 2.05) is 24.3 Å². The number of H-pyrrole nitrogens is 1. The van der Waals surface area contributed by atoms with Crippen LogP contribution in [-0.4, -0.2) is 36.2 Å². The molecule has 0 radical (unpaired) electrons. The van der Waals surface area contributed by atoms with E-state index >= 15 is 0 Å². The molecular formula is C24H21N5O5. The molecule has 0 spiro atoms. The van der Waals surface area contributed by atoms with Crippen LogP contribution >= 0.6 is 0 Å². The maximum atomic E-state index is 13.2. The number of benzene rings is 2. The molecule has 3 N–H and O–H groups in total. The Morgan fingerprint density at radius 3 is 2.76 bits per heavy atom. The highest BCUT2D eigenvalue weighted by molar-refractivity contribution is 5.98. The number of hydrogen-bond acceptors (Lipinski definition) is 8. The number of carbonyl (C=O) groups is 1. The van der Waals surface area contributed by atoms with E-state index in [0.29, 0.717) is 42.6 Å². The Labute approximate surface area is 194 Å². The first-order chi connectivity index (χ1) is 16.6. The smallest absolute Gasteiger partial charge is 0.258 e. The minimum atomic E-state index is -1.11. The van der Waals surface area contributed by atoms with E-state index in [-0.39, 0.29) is 17.3 Å². The topological polar surface area (TPSA) is 138 Å². The lowest BCUT2D eigenvalue weighted by molar-refractivity contribution is -0.119. The van der Waals surface area contributed by atoms with Gasteiger partial charge in [-0.2, -0.15) is 10.2 Å². The highest BCUT2D eigenvalue weighted by Crippen LogP contribution is 2.41. The molecule has 2 atom stereocenters. The SMILES string of the molecule is COc1ccccc1C1c2c(nc(NCc3ccc4c(c3)OCCO4)[nH]c2=O)NC(=O)C1C#N. The Morgan fingerprint density at radius 1 is 1.18 bits per heavy atom. The Hall–Kier alpha value is -4.52. The van der Waals surface area contributed by atoms with Crippen molar-refractivity contribution < 1.29 is 19.0 Å². The standard InChI is InChI=1S/C24H21N5O5/c1-32-16-5-3-2-4-14(16)19-15(11-25)22(30)27-21-20(19)23(31)29-24(28-21)26-12-13-6-7-17-18(10-13)34-9-8-33-17/h2-7,10,15,19H,8-9,12H2,1H3,(H3,26,27,28,29,30,31). The molecule has 1 amide bonds. The van der Waals surface area contributed by atoms with Crippen molar-refractivity contribution in [2.75, 3.05) is 31.0 Å². The highest BCUT2D eigenvalue weighted by atomic mass is 16.6. The van der Waals surface area contributed by atoms with Crippen LogP contribution in [0, 0.1) is 17.2 Å². The molecule has 172 valence electrons. The van der Waals surface area contributed by atoms with E-state index in [2.05, 4.69) is 20.6 Å². The molecule has 3 aromatic rings. The number of carbonyl (C=O) groups excluding carboxylic acids is 1. The average molecular weight is 459 g/mol. The van der Waals surface area contributed by atoms with Gasteiger partial charge in [-0.1, -0.05) is 24.3 Å². The second kappa shape index (κ2) is 8.78. The summed E-state index contributed by atoms with van der Waals surface area (Å²) < 4.78 is 16.6. The van der Waals surface area contributed by atoms with Crippen molar-refractivity contribution in [3.8, 4) is 23.3 Å². The Morgan fingerprint density at radius 2 is 1.97 bits per heavy atom. The van der Waals surface area contributed by atoms with Crippen molar-refractivity contribution >= 4 is 17.7 Å². The van der Waals surface area contributed by atoms with Crippen LogP contribution in [-0.2, 0) is 11.3 Å². The van der Waals surface area contributed by atoms with Crippen LogP contribution in [0.15, 0.2) is 47.3 Å². The third-order valence-corrected chi connectivity index (χ3v) is 5.80. The van der Waals surface area contributed by atoms with Crippen LogP contribution in [0.2, 0.25) is 0 Å². The van der Waals surface area contributed by atoms with Crippen LogP contribution in [0.25, 0.3) is 0 Å². The minimum Gasteiger partial charge on any atom is -0.496 e. The number of methoxy groups -OCH3 is 1. The minimum absolute atomic E-state index is 0.112. The fourth-order valence-electron chi connectivity index (χ4n) is 4.24. The first kappa shape index (κ1) is 21.3. The lowest BCUT2D eigenvalue weighted by atomic mass is 9.79. The van der Waals surface area contributed by atoms with E-state index < -0.39 is 23.3 Å². The summed E-state index contributed by atoms with van der Waals surface area (Å²) in [7, 11) is 1.50. The molecule has 0 aliphatic carbocycles. The molecule has 2 aliphatic rings. The highest BCUT2D eigenvalue weighted by Gasteiger charge is 2.41. The largest absolute Gasteiger partial charge is 0.496 e. The van der Waals surface area contributed by atoms with Crippen molar-refractivity contribution in [1.82, 2.24) is 9.97 Å². The van der Waals surface area contributed by atoms with Crippen molar-refractivity contribution in [2.45, 2.75) is 12.5 Å². The fourth-order valence-corrected chi connectivity index (χ4v) is 4.24. The summed E-state index contributed by atoms with van der Waals surface area (Å²) in [6.45, 7) is 1.35. The van der Waals surface area contributed by atoms with Crippen LogP contribution in [0.4, 0.5) is 11.8 Å². The summed E-state index contributed by atoms with van der Waals surface area (Å²) in [6, 6.07) is 14.6. The second-order valence-electron chi connectivity index (χ2n) is 7.82. The van der Waals surface area contributed by atoms with E-state index in [4.69, 9.17) is 14.2 Å². The maximum Gasteiger partial charge on any atom is 0.258 e. The van der Waals surface area contributed by atoms with Gasteiger partial charge in [0, 0.05) is 18.0 Å². The molecular weight excluding hydrogens is 438 g/mol. The van der Waals surface area contributed by atoms with Crippen LogP contribution in [0.5, 0.6) is 17.2 Å². The summed E-state index contributed by atoms with van der Waals surface area (Å²) in [6.07, 6.45) is 0. The molecule has 2 aromatic carbocycles. The van der Waals surface area contributed by atoms with Gasteiger partial charge in [-0.15, -0.1) is 0 Å². The van der Waals surface area contributed by atoms with Gasteiger partial charge in [0.05, 0.1) is 18.7 Å². The van der Waals surface area contributed by atoms with Crippen molar-refractivity contribution in [3.63, 3.8) is 0 Å². The summed E-state index contributed by atoms with van der Waals surface area (Å²) in [4.78, 5) is 33.1. The number of amides is 1. The second-order valence-corrected chi connectivity index (χ2v) is 7.82. The number of rotatable bonds is 5. The van der Waals surface area contributed by atoms with Crippen molar-refractivity contribution in [1.29, 1.82) is 5.26 Å². The predicted molar refractivity (Wildman–Crippen MR) is 122 cm³/mol. The van der Waals surface area contributed by atoms with Crippen LogP contribution in [0.3, 0.4) is 0 Å². The summed E-state index contributed by atoms with van der Waals surface area (Å²) in [5, 5.41) is 15.4. The third kappa shape index (κ3) is 3.77. The number of nitrogens with one attached hydrogen (secondary N) is 3. The molecule has 0 saturated heterocycles. The maximum absolute atomic E-state index is 13.2. The van der Waals surface area contributed by atoms with Crippen LogP contribution in [0.1, 0.15) is 22.6 Å². The molecule has 0 bridgehead atoms. The lowest BCUT2D eigenvalue weighted by Gasteiger charge is -2.29. The number of para-hydroxylation sites is 1. The number of nitriles is 1. The molecule has 0 saturated carbocycles. The fraction of sp³-hybridized carbons (Fsp3) is 0.250. The average Bonchev–Trinajstić information content (AvgIpc) is 2.86. The molecule has 1 aromatic heterocycles. The number of aromatic amines is 1. The summed E-state index contributed by atoms with van der Waals surface area (Å²) in [5.41, 5.74) is 1.22. The van der Waals surface area contributed by atoms with E-state index in [0.717, 1.165) is 5.56 Å². The van der Waals surface area contributed by atoms with Gasteiger partial charge in [0.1, 0.15) is 30.7 Å². The molecule has 10 nitrogen and oxygen atoms in total. The molecule has 5 rings (SSSR count). The van der Waals surface area contributed by atoms with Gasteiger partial charge in [-0.3, -0.25) is 14.6 Å². The molecule has 2 aliphatic heterocycles. The van der Waals surface area contributed by atoms with E-state index in [9.17, 15) is 14.9 Å². The van der Waals surface area contributed by atoms with Gasteiger partial charge < -0.3 is 24.8 Å². The molecule has 10 heteroatoms. The quantitative estimate of drug-likeness (QED) is 0.529. The van der Waals surface area contributed by atoms with Crippen molar-refractivity contribution in [2.24, 2.45) is 5.92 Å². The Bertz CT molecular complexity index is 1360. The van der Waals surface area contributed by atoms with Gasteiger partial charge >= 0.3 is 0 Å².